The van der Waals surface area contributed by atoms with Crippen molar-refractivity contribution in [2.24, 2.45) is 7.05 Å². The van der Waals surface area contributed by atoms with Crippen LogP contribution >= 0.6 is 0 Å². The van der Waals surface area contributed by atoms with Crippen molar-refractivity contribution < 1.29 is 9.18 Å². The van der Waals surface area contributed by atoms with E-state index in [0.29, 0.717) is 5.92 Å². The second-order valence-electron chi connectivity index (χ2n) is 5.44. The molecule has 1 aliphatic rings. The lowest BCUT2D eigenvalue weighted by atomic mass is 10.0. The molecule has 1 aliphatic carbocycles. The zero-order valence-electron chi connectivity index (χ0n) is 12.3. The van der Waals surface area contributed by atoms with E-state index in [4.69, 9.17) is 0 Å². The first-order valence-corrected chi connectivity index (χ1v) is 6.99. The summed E-state index contributed by atoms with van der Waals surface area (Å²) in [4.78, 5) is 31.9. The summed E-state index contributed by atoms with van der Waals surface area (Å²) in [6, 6.07) is 1.65. The Kier molecular flexibility index (Phi) is 3.48. The predicted octanol–water partition coefficient (Wildman–Crippen LogP) is 1.62. The van der Waals surface area contributed by atoms with Crippen LogP contribution < -0.4 is 10.9 Å². The number of halogens is 1. The summed E-state index contributed by atoms with van der Waals surface area (Å²) in [5.41, 5.74) is 1.69. The third-order valence-corrected chi connectivity index (χ3v) is 4.01. The van der Waals surface area contributed by atoms with E-state index in [9.17, 15) is 14.0 Å². The number of rotatable bonds is 2. The Hall–Kier alpha value is -2.57. The Bertz CT molecular complexity index is 798. The van der Waals surface area contributed by atoms with E-state index in [1.165, 1.54) is 4.57 Å². The molecule has 0 spiro atoms. The van der Waals surface area contributed by atoms with Crippen LogP contribution in [0, 0.1) is 5.82 Å². The fourth-order valence-corrected chi connectivity index (χ4v) is 2.75. The van der Waals surface area contributed by atoms with E-state index in [1.54, 1.807) is 13.1 Å². The number of nitrogens with one attached hydrogen (secondary N) is 1. The molecule has 2 aromatic rings. The highest BCUT2D eigenvalue weighted by Gasteiger charge is 2.25. The summed E-state index contributed by atoms with van der Waals surface area (Å²) in [5, 5.41) is 2.42. The van der Waals surface area contributed by atoms with Crippen molar-refractivity contribution in [3.8, 4) is 0 Å². The Balaban J connectivity index is 1.96. The molecule has 114 valence electrons. The molecule has 1 amide bonds. The van der Waals surface area contributed by atoms with E-state index in [2.05, 4.69) is 22.2 Å². The van der Waals surface area contributed by atoms with E-state index in [-0.39, 0.29) is 17.1 Å². The number of aromatic nitrogens is 3. The Morgan fingerprint density at radius 1 is 1.41 bits per heavy atom. The minimum atomic E-state index is -0.597. The molecule has 0 aromatic carbocycles. The predicted molar refractivity (Wildman–Crippen MR) is 78.4 cm³/mol. The van der Waals surface area contributed by atoms with Gasteiger partial charge in [0.1, 0.15) is 5.56 Å². The normalized spacial score (nSPS) is 16.4. The molecule has 22 heavy (non-hydrogen) atoms. The van der Waals surface area contributed by atoms with Gasteiger partial charge in [-0.05, 0) is 30.4 Å². The van der Waals surface area contributed by atoms with Crippen LogP contribution in [0.3, 0.4) is 0 Å². The number of nitrogens with zero attached hydrogens (tertiary/aromatic N) is 3. The number of hydrogen-bond acceptors (Lipinski definition) is 4. The number of amides is 1. The van der Waals surface area contributed by atoms with Gasteiger partial charge in [0.05, 0.1) is 12.4 Å². The number of fused-ring (bicyclic) bond motifs is 1. The molecule has 0 saturated heterocycles. The first-order chi connectivity index (χ1) is 10.5. The summed E-state index contributed by atoms with van der Waals surface area (Å²) >= 11 is 0. The second kappa shape index (κ2) is 5.32. The highest BCUT2D eigenvalue weighted by Crippen LogP contribution is 2.31. The Morgan fingerprint density at radius 3 is 2.77 bits per heavy atom. The lowest BCUT2D eigenvalue weighted by Crippen LogP contribution is -2.30. The minimum absolute atomic E-state index is 0.0398. The fraction of sp³-hybridized carbons (Fsp3) is 0.333. The zero-order valence-corrected chi connectivity index (χ0v) is 12.3. The molecule has 0 fully saturated rings. The maximum absolute atomic E-state index is 12.8. The third kappa shape index (κ3) is 2.38. The van der Waals surface area contributed by atoms with Gasteiger partial charge in [-0.15, -0.1) is 0 Å². The van der Waals surface area contributed by atoms with Gasteiger partial charge in [-0.1, -0.05) is 6.92 Å². The van der Waals surface area contributed by atoms with Crippen molar-refractivity contribution in [2.75, 3.05) is 5.32 Å². The van der Waals surface area contributed by atoms with Gasteiger partial charge in [0.25, 0.3) is 11.5 Å². The van der Waals surface area contributed by atoms with Crippen molar-refractivity contribution >= 4 is 11.9 Å². The summed E-state index contributed by atoms with van der Waals surface area (Å²) in [6.07, 6.45) is 3.71. The SMILES string of the molecule is CC1CCc2c1cc(C(=O)Nc1ncc(F)cn1)c(=O)n2C. The van der Waals surface area contributed by atoms with Crippen LogP contribution in [0.4, 0.5) is 10.3 Å². The molecule has 1 unspecified atom stereocenters. The summed E-state index contributed by atoms with van der Waals surface area (Å²) < 4.78 is 14.3. The summed E-state index contributed by atoms with van der Waals surface area (Å²) in [6.45, 7) is 2.07. The number of carbonyl (C=O) groups excluding carboxylic acids is 1. The molecule has 2 aromatic heterocycles. The molecule has 3 rings (SSSR count). The van der Waals surface area contributed by atoms with Crippen LogP contribution in [0.1, 0.15) is 40.9 Å². The quantitative estimate of drug-likeness (QED) is 0.914. The van der Waals surface area contributed by atoms with Gasteiger partial charge >= 0.3 is 0 Å². The van der Waals surface area contributed by atoms with Crippen LogP contribution in [0.2, 0.25) is 0 Å². The monoisotopic (exact) mass is 302 g/mol. The molecule has 7 heteroatoms. The highest BCUT2D eigenvalue weighted by atomic mass is 19.1. The molecule has 6 nitrogen and oxygen atoms in total. The minimum Gasteiger partial charge on any atom is -0.315 e. The van der Waals surface area contributed by atoms with Gasteiger partial charge in [0.15, 0.2) is 5.82 Å². The second-order valence-corrected chi connectivity index (χ2v) is 5.44. The molecule has 1 N–H and O–H groups in total. The molecule has 0 saturated carbocycles. The Morgan fingerprint density at radius 2 is 2.09 bits per heavy atom. The van der Waals surface area contributed by atoms with Crippen molar-refractivity contribution in [3.05, 3.63) is 51.5 Å². The molecule has 0 aliphatic heterocycles. The molecule has 2 heterocycles. The molecular formula is C15H15FN4O2. The maximum Gasteiger partial charge on any atom is 0.263 e. The molecular weight excluding hydrogens is 287 g/mol. The van der Waals surface area contributed by atoms with E-state index < -0.39 is 11.7 Å². The van der Waals surface area contributed by atoms with Gasteiger partial charge in [-0.25, -0.2) is 14.4 Å². The average Bonchev–Trinajstić information content (AvgIpc) is 2.86. The summed E-state index contributed by atoms with van der Waals surface area (Å²) in [5.74, 6) is -0.910. The van der Waals surface area contributed by atoms with E-state index in [1.807, 2.05) is 0 Å². The van der Waals surface area contributed by atoms with Crippen molar-refractivity contribution in [1.82, 2.24) is 14.5 Å². The van der Waals surface area contributed by atoms with Gasteiger partial charge in [0.2, 0.25) is 5.95 Å². The standard InChI is InChI=1S/C15H15FN4O2/c1-8-3-4-12-10(8)5-11(14(22)20(12)2)13(21)19-15-17-6-9(16)7-18-15/h5-8H,3-4H2,1-2H3,(H,17,18,19,21). The fourth-order valence-electron chi connectivity index (χ4n) is 2.75. The van der Waals surface area contributed by atoms with Gasteiger partial charge in [-0.2, -0.15) is 0 Å². The van der Waals surface area contributed by atoms with Crippen LogP contribution in [0.15, 0.2) is 23.3 Å². The van der Waals surface area contributed by atoms with Crippen LogP contribution in [0.25, 0.3) is 0 Å². The van der Waals surface area contributed by atoms with Crippen molar-refractivity contribution in [1.29, 1.82) is 0 Å². The first-order valence-electron chi connectivity index (χ1n) is 6.99. The van der Waals surface area contributed by atoms with Gasteiger partial charge in [0, 0.05) is 12.7 Å². The van der Waals surface area contributed by atoms with E-state index in [0.717, 1.165) is 36.5 Å². The number of pyridine rings is 1. The van der Waals surface area contributed by atoms with Crippen molar-refractivity contribution in [3.63, 3.8) is 0 Å². The van der Waals surface area contributed by atoms with Gasteiger partial charge < -0.3 is 4.57 Å². The number of anilines is 1. The molecule has 0 bridgehead atoms. The summed E-state index contributed by atoms with van der Waals surface area (Å²) in [7, 11) is 1.67. The van der Waals surface area contributed by atoms with Crippen LogP contribution in [-0.2, 0) is 13.5 Å². The maximum atomic E-state index is 12.8. The highest BCUT2D eigenvalue weighted by molar-refractivity contribution is 6.03. The topological polar surface area (TPSA) is 76.9 Å². The van der Waals surface area contributed by atoms with Crippen LogP contribution in [0.5, 0.6) is 0 Å². The average molecular weight is 302 g/mol. The van der Waals surface area contributed by atoms with Gasteiger partial charge in [-0.3, -0.25) is 14.9 Å². The smallest absolute Gasteiger partial charge is 0.263 e. The van der Waals surface area contributed by atoms with Crippen LogP contribution in [-0.4, -0.2) is 20.4 Å². The third-order valence-electron chi connectivity index (χ3n) is 4.01. The zero-order chi connectivity index (χ0) is 15.9. The first kappa shape index (κ1) is 14.4. The van der Waals surface area contributed by atoms with E-state index >= 15 is 0 Å². The van der Waals surface area contributed by atoms with Crippen molar-refractivity contribution in [2.45, 2.75) is 25.7 Å². The lowest BCUT2D eigenvalue weighted by molar-refractivity contribution is 0.102. The molecule has 0 radical (unpaired) electrons. The number of carbonyl (C=O) groups is 1. The largest absolute Gasteiger partial charge is 0.315 e. The lowest BCUT2D eigenvalue weighted by Gasteiger charge is -2.11. The molecule has 1 atom stereocenters. The Labute approximate surface area is 126 Å². The number of hydrogen-bond donors (Lipinski definition) is 1.